The van der Waals surface area contributed by atoms with Crippen LogP contribution in [0.4, 0.5) is 17.3 Å². The molecule has 0 aliphatic carbocycles. The molecule has 7 nitrogen and oxygen atoms in total. The quantitative estimate of drug-likeness (QED) is 0.703. The summed E-state index contributed by atoms with van der Waals surface area (Å²) in [6.07, 6.45) is 0. The van der Waals surface area contributed by atoms with Gasteiger partial charge in [0.25, 0.3) is 5.91 Å². The maximum atomic E-state index is 12.9. The number of para-hydroxylation sites is 1. The lowest BCUT2D eigenvalue weighted by Crippen LogP contribution is -2.27. The highest BCUT2D eigenvalue weighted by molar-refractivity contribution is 6.04. The van der Waals surface area contributed by atoms with Crippen molar-refractivity contribution >= 4 is 23.2 Å². The number of anilines is 3. The summed E-state index contributed by atoms with van der Waals surface area (Å²) in [6.45, 7) is 1.82. The van der Waals surface area contributed by atoms with E-state index in [0.29, 0.717) is 34.5 Å². The average Bonchev–Trinajstić information content (AvgIpc) is 2.73. The molecule has 28 heavy (non-hydrogen) atoms. The molecule has 0 atom stereocenters. The molecule has 1 amide bonds. The fourth-order valence-corrected chi connectivity index (χ4v) is 2.70. The van der Waals surface area contributed by atoms with E-state index in [-0.39, 0.29) is 5.91 Å². The first kappa shape index (κ1) is 19.2. The number of carbonyl (C=O) groups excluding carboxylic acids is 1. The molecule has 144 valence electrons. The molecule has 0 radical (unpaired) electrons. The largest absolute Gasteiger partial charge is 0.497 e. The minimum Gasteiger partial charge on any atom is -0.497 e. The van der Waals surface area contributed by atoms with Gasteiger partial charge < -0.3 is 19.7 Å². The number of nitrogens with zero attached hydrogens (tertiary/aromatic N) is 3. The molecule has 1 aromatic heterocycles. The number of hydrogen-bond acceptors (Lipinski definition) is 6. The fourth-order valence-electron chi connectivity index (χ4n) is 2.70. The van der Waals surface area contributed by atoms with Crippen LogP contribution in [-0.2, 0) is 0 Å². The summed E-state index contributed by atoms with van der Waals surface area (Å²) in [6, 6.07) is 16.4. The Morgan fingerprint density at radius 2 is 1.75 bits per heavy atom. The van der Waals surface area contributed by atoms with E-state index < -0.39 is 0 Å². The zero-order chi connectivity index (χ0) is 20.1. The van der Waals surface area contributed by atoms with Crippen molar-refractivity contribution in [3.8, 4) is 11.5 Å². The Morgan fingerprint density at radius 3 is 2.43 bits per heavy atom. The highest BCUT2D eigenvalue weighted by atomic mass is 16.5. The third-order valence-electron chi connectivity index (χ3n) is 4.18. The molecule has 0 unspecified atom stereocenters. The topological polar surface area (TPSA) is 76.6 Å². The number of carbonyl (C=O) groups is 1. The van der Waals surface area contributed by atoms with Crippen LogP contribution in [0.15, 0.2) is 54.6 Å². The summed E-state index contributed by atoms with van der Waals surface area (Å²) in [5, 5.41) is 3.12. The van der Waals surface area contributed by atoms with Gasteiger partial charge in [-0.05, 0) is 37.3 Å². The van der Waals surface area contributed by atoms with Gasteiger partial charge in [0.15, 0.2) is 0 Å². The Bertz CT molecular complexity index is 977. The number of methoxy groups -OCH3 is 2. The zero-order valence-electron chi connectivity index (χ0n) is 16.3. The highest BCUT2D eigenvalue weighted by Gasteiger charge is 2.17. The van der Waals surface area contributed by atoms with E-state index in [9.17, 15) is 4.79 Å². The Labute approximate surface area is 164 Å². The van der Waals surface area contributed by atoms with Crippen molar-refractivity contribution < 1.29 is 14.3 Å². The van der Waals surface area contributed by atoms with Gasteiger partial charge in [-0.1, -0.05) is 18.2 Å². The zero-order valence-corrected chi connectivity index (χ0v) is 16.3. The molecular weight excluding hydrogens is 356 g/mol. The van der Waals surface area contributed by atoms with Gasteiger partial charge in [0.1, 0.15) is 17.2 Å². The van der Waals surface area contributed by atoms with Gasteiger partial charge in [0.05, 0.1) is 19.9 Å². The monoisotopic (exact) mass is 378 g/mol. The lowest BCUT2D eigenvalue weighted by Gasteiger charge is -2.17. The van der Waals surface area contributed by atoms with Crippen molar-refractivity contribution in [3.63, 3.8) is 0 Å². The highest BCUT2D eigenvalue weighted by Crippen LogP contribution is 2.30. The standard InChI is InChI=1S/C21H22N4O3/c1-14-12-18(20(26)25(2)15-8-6-5-7-9-15)24-21(22-14)23-17-11-10-16(27-3)13-19(17)28-4/h5-13H,1-4H3,(H,22,23,24). The van der Waals surface area contributed by atoms with Gasteiger partial charge in [-0.25, -0.2) is 9.97 Å². The van der Waals surface area contributed by atoms with Crippen LogP contribution in [0.2, 0.25) is 0 Å². The van der Waals surface area contributed by atoms with Gasteiger partial charge in [0.2, 0.25) is 5.95 Å². The number of ether oxygens (including phenoxy) is 2. The molecule has 3 rings (SSSR count). The Kier molecular flexibility index (Phi) is 5.74. The minimum absolute atomic E-state index is 0.221. The molecule has 0 aliphatic heterocycles. The Hall–Kier alpha value is -3.61. The third-order valence-corrected chi connectivity index (χ3v) is 4.18. The number of rotatable bonds is 6. The lowest BCUT2D eigenvalue weighted by atomic mass is 10.2. The van der Waals surface area contributed by atoms with Gasteiger partial charge in [-0.2, -0.15) is 0 Å². The van der Waals surface area contributed by atoms with Crippen LogP contribution in [-0.4, -0.2) is 37.1 Å². The smallest absolute Gasteiger partial charge is 0.276 e. The lowest BCUT2D eigenvalue weighted by molar-refractivity contribution is 0.0988. The summed E-state index contributed by atoms with van der Waals surface area (Å²) >= 11 is 0. The number of amides is 1. The van der Waals surface area contributed by atoms with Crippen molar-refractivity contribution in [1.29, 1.82) is 0 Å². The fraction of sp³-hybridized carbons (Fsp3) is 0.190. The van der Waals surface area contributed by atoms with Gasteiger partial charge in [0, 0.05) is 24.5 Å². The first-order valence-electron chi connectivity index (χ1n) is 8.69. The van der Waals surface area contributed by atoms with E-state index in [1.54, 1.807) is 50.4 Å². The first-order chi connectivity index (χ1) is 13.5. The summed E-state index contributed by atoms with van der Waals surface area (Å²) in [5.41, 5.74) is 2.43. The van der Waals surface area contributed by atoms with Crippen LogP contribution < -0.4 is 19.7 Å². The van der Waals surface area contributed by atoms with Crippen molar-refractivity contribution in [1.82, 2.24) is 9.97 Å². The van der Waals surface area contributed by atoms with E-state index in [0.717, 1.165) is 5.69 Å². The number of hydrogen-bond donors (Lipinski definition) is 1. The van der Waals surface area contributed by atoms with Gasteiger partial charge in [-0.15, -0.1) is 0 Å². The van der Waals surface area contributed by atoms with Crippen LogP contribution in [0, 0.1) is 6.92 Å². The molecule has 0 fully saturated rings. The predicted octanol–water partition coefficient (Wildman–Crippen LogP) is 3.82. The Balaban J connectivity index is 1.89. The Morgan fingerprint density at radius 1 is 1.00 bits per heavy atom. The summed E-state index contributed by atoms with van der Waals surface area (Å²) < 4.78 is 10.6. The molecule has 1 N–H and O–H groups in total. The van der Waals surface area contributed by atoms with E-state index in [4.69, 9.17) is 9.47 Å². The normalized spacial score (nSPS) is 10.3. The van der Waals surface area contributed by atoms with E-state index in [1.165, 1.54) is 0 Å². The molecule has 0 aliphatic rings. The predicted molar refractivity (Wildman–Crippen MR) is 109 cm³/mol. The number of nitrogens with one attached hydrogen (secondary N) is 1. The van der Waals surface area contributed by atoms with Crippen molar-refractivity contribution in [3.05, 3.63) is 66.0 Å². The second-order valence-corrected chi connectivity index (χ2v) is 6.11. The first-order valence-corrected chi connectivity index (χ1v) is 8.69. The van der Waals surface area contributed by atoms with E-state index in [1.807, 2.05) is 37.3 Å². The maximum absolute atomic E-state index is 12.9. The summed E-state index contributed by atoms with van der Waals surface area (Å²) in [4.78, 5) is 23.2. The van der Waals surface area contributed by atoms with E-state index >= 15 is 0 Å². The van der Waals surface area contributed by atoms with Gasteiger partial charge >= 0.3 is 0 Å². The molecule has 7 heteroatoms. The minimum atomic E-state index is -0.221. The molecule has 3 aromatic rings. The van der Waals surface area contributed by atoms with E-state index in [2.05, 4.69) is 15.3 Å². The summed E-state index contributed by atoms with van der Waals surface area (Å²) in [5.74, 6) is 1.35. The van der Waals surface area contributed by atoms with Crippen molar-refractivity contribution in [2.45, 2.75) is 6.92 Å². The SMILES string of the molecule is COc1ccc(Nc2nc(C)cc(C(=O)N(C)c3ccccc3)n2)c(OC)c1. The third kappa shape index (κ3) is 4.20. The average molecular weight is 378 g/mol. The number of benzene rings is 2. The maximum Gasteiger partial charge on any atom is 0.276 e. The molecule has 0 spiro atoms. The van der Waals surface area contributed by atoms with Crippen LogP contribution in [0.1, 0.15) is 16.2 Å². The molecule has 0 saturated carbocycles. The molecular formula is C21H22N4O3. The molecule has 0 bridgehead atoms. The molecule has 0 saturated heterocycles. The second kappa shape index (κ2) is 8.39. The summed E-state index contributed by atoms with van der Waals surface area (Å²) in [7, 11) is 4.88. The van der Waals surface area contributed by atoms with Crippen LogP contribution >= 0.6 is 0 Å². The second-order valence-electron chi connectivity index (χ2n) is 6.11. The van der Waals surface area contributed by atoms with Crippen molar-refractivity contribution in [2.24, 2.45) is 0 Å². The van der Waals surface area contributed by atoms with Crippen LogP contribution in [0.5, 0.6) is 11.5 Å². The number of aryl methyl sites for hydroxylation is 1. The van der Waals surface area contributed by atoms with Crippen LogP contribution in [0.3, 0.4) is 0 Å². The van der Waals surface area contributed by atoms with Gasteiger partial charge in [-0.3, -0.25) is 4.79 Å². The number of aromatic nitrogens is 2. The van der Waals surface area contributed by atoms with Crippen molar-refractivity contribution in [2.75, 3.05) is 31.5 Å². The molecule has 1 heterocycles. The molecule has 2 aromatic carbocycles. The van der Waals surface area contributed by atoms with Crippen LogP contribution in [0.25, 0.3) is 0 Å².